The molecule has 3 atom stereocenters. The molecule has 90 valence electrons. The SMILES string of the molecule is C=CC1C=C(CC2CO2)C=C(CC2CO2)C1=O. The number of allylic oxidation sites excluding steroid dienone is 3. The molecule has 0 spiro atoms. The molecule has 0 aromatic carbocycles. The van der Waals surface area contributed by atoms with E-state index in [-0.39, 0.29) is 17.8 Å². The monoisotopic (exact) mass is 232 g/mol. The Labute approximate surface area is 101 Å². The quantitative estimate of drug-likeness (QED) is 0.536. The lowest BCUT2D eigenvalue weighted by molar-refractivity contribution is -0.117. The molecule has 0 N–H and O–H groups in total. The first-order chi connectivity index (χ1) is 8.26. The van der Waals surface area contributed by atoms with Crippen LogP contribution in [0.25, 0.3) is 0 Å². The summed E-state index contributed by atoms with van der Waals surface area (Å²) >= 11 is 0. The molecule has 3 nitrogen and oxygen atoms in total. The summed E-state index contributed by atoms with van der Waals surface area (Å²) in [5.74, 6) is 0.0125. The van der Waals surface area contributed by atoms with E-state index in [1.165, 1.54) is 5.57 Å². The van der Waals surface area contributed by atoms with Gasteiger partial charge in [-0.05, 0) is 11.1 Å². The molecule has 3 rings (SSSR count). The van der Waals surface area contributed by atoms with Crippen LogP contribution < -0.4 is 0 Å². The first kappa shape index (κ1) is 10.9. The van der Waals surface area contributed by atoms with Gasteiger partial charge < -0.3 is 9.47 Å². The fourth-order valence-electron chi connectivity index (χ4n) is 2.20. The van der Waals surface area contributed by atoms with E-state index in [2.05, 4.69) is 6.58 Å². The number of ether oxygens (including phenoxy) is 2. The van der Waals surface area contributed by atoms with E-state index in [1.54, 1.807) is 6.08 Å². The Kier molecular flexibility index (Phi) is 2.73. The Morgan fingerprint density at radius 2 is 1.94 bits per heavy atom. The Morgan fingerprint density at radius 3 is 2.53 bits per heavy atom. The molecule has 0 aromatic rings. The molecule has 0 bridgehead atoms. The van der Waals surface area contributed by atoms with Crippen LogP contribution in [0, 0.1) is 5.92 Å². The van der Waals surface area contributed by atoms with Gasteiger partial charge in [0.25, 0.3) is 0 Å². The maximum atomic E-state index is 12.1. The molecule has 17 heavy (non-hydrogen) atoms. The lowest BCUT2D eigenvalue weighted by atomic mass is 9.85. The van der Waals surface area contributed by atoms with Crippen molar-refractivity contribution in [2.24, 2.45) is 5.92 Å². The van der Waals surface area contributed by atoms with Crippen molar-refractivity contribution in [2.75, 3.05) is 13.2 Å². The minimum Gasteiger partial charge on any atom is -0.373 e. The van der Waals surface area contributed by atoms with Crippen LogP contribution in [0.5, 0.6) is 0 Å². The molecule has 0 aromatic heterocycles. The zero-order valence-electron chi connectivity index (χ0n) is 9.72. The summed E-state index contributed by atoms with van der Waals surface area (Å²) in [4.78, 5) is 12.1. The standard InChI is InChI=1S/C14H16O3/c1-2-10-3-9(5-12-7-16-12)4-11(14(10)15)6-13-8-17-13/h2-4,10,12-13H,1,5-8H2. The van der Waals surface area contributed by atoms with E-state index in [0.717, 1.165) is 31.6 Å². The largest absolute Gasteiger partial charge is 0.373 e. The van der Waals surface area contributed by atoms with Crippen LogP contribution in [0.3, 0.4) is 0 Å². The van der Waals surface area contributed by atoms with Crippen molar-refractivity contribution >= 4 is 5.78 Å². The molecule has 1 aliphatic carbocycles. The summed E-state index contributed by atoms with van der Waals surface area (Å²) in [5.41, 5.74) is 2.09. The summed E-state index contributed by atoms with van der Waals surface area (Å²) in [5, 5.41) is 0. The molecule has 3 heteroatoms. The summed E-state index contributed by atoms with van der Waals surface area (Å²) in [6, 6.07) is 0. The van der Waals surface area contributed by atoms with E-state index in [4.69, 9.17) is 9.47 Å². The molecular formula is C14H16O3. The zero-order valence-corrected chi connectivity index (χ0v) is 9.72. The second kappa shape index (κ2) is 4.24. The van der Waals surface area contributed by atoms with Gasteiger partial charge in [0.15, 0.2) is 5.78 Å². The minimum atomic E-state index is -0.164. The smallest absolute Gasteiger partial charge is 0.169 e. The highest BCUT2D eigenvalue weighted by Gasteiger charge is 2.31. The number of hydrogen-bond donors (Lipinski definition) is 0. The predicted molar refractivity (Wildman–Crippen MR) is 63.6 cm³/mol. The molecule has 2 heterocycles. The lowest BCUT2D eigenvalue weighted by Gasteiger charge is -2.17. The van der Waals surface area contributed by atoms with Gasteiger partial charge in [0, 0.05) is 12.8 Å². The van der Waals surface area contributed by atoms with Gasteiger partial charge in [-0.1, -0.05) is 18.2 Å². The summed E-state index contributed by atoms with van der Waals surface area (Å²) < 4.78 is 10.4. The van der Waals surface area contributed by atoms with E-state index >= 15 is 0 Å². The average Bonchev–Trinajstić information content (AvgIpc) is 3.17. The number of hydrogen-bond acceptors (Lipinski definition) is 3. The maximum Gasteiger partial charge on any atom is 0.169 e. The number of rotatable bonds is 5. The van der Waals surface area contributed by atoms with Crippen LogP contribution in [-0.2, 0) is 14.3 Å². The number of ketones is 1. The van der Waals surface area contributed by atoms with E-state index < -0.39 is 0 Å². The van der Waals surface area contributed by atoms with Gasteiger partial charge in [0.1, 0.15) is 0 Å². The molecule has 2 fully saturated rings. The van der Waals surface area contributed by atoms with Crippen molar-refractivity contribution < 1.29 is 14.3 Å². The van der Waals surface area contributed by atoms with Gasteiger partial charge in [-0.15, -0.1) is 6.58 Å². The number of carbonyl (C=O) groups is 1. The van der Waals surface area contributed by atoms with E-state index in [1.807, 2.05) is 12.2 Å². The zero-order chi connectivity index (χ0) is 11.8. The highest BCUT2D eigenvalue weighted by molar-refractivity contribution is 6.01. The lowest BCUT2D eigenvalue weighted by Crippen LogP contribution is -2.18. The van der Waals surface area contributed by atoms with Crippen LogP contribution in [0.2, 0.25) is 0 Å². The van der Waals surface area contributed by atoms with Crippen LogP contribution in [0.4, 0.5) is 0 Å². The van der Waals surface area contributed by atoms with Crippen molar-refractivity contribution in [1.82, 2.24) is 0 Å². The fraction of sp³-hybridized carbons (Fsp3) is 0.500. The van der Waals surface area contributed by atoms with Crippen LogP contribution in [0.15, 0.2) is 36.0 Å². The van der Waals surface area contributed by atoms with Crippen molar-refractivity contribution in [2.45, 2.75) is 25.0 Å². The predicted octanol–water partition coefficient (Wildman–Crippen LogP) is 1.80. The summed E-state index contributed by atoms with van der Waals surface area (Å²) in [7, 11) is 0. The topological polar surface area (TPSA) is 42.1 Å². The summed E-state index contributed by atoms with van der Waals surface area (Å²) in [6.07, 6.45) is 8.01. The maximum absolute atomic E-state index is 12.1. The number of epoxide rings is 2. The van der Waals surface area contributed by atoms with Crippen molar-refractivity contribution in [3.8, 4) is 0 Å². The van der Waals surface area contributed by atoms with Crippen LogP contribution in [0.1, 0.15) is 12.8 Å². The first-order valence-electron chi connectivity index (χ1n) is 6.07. The third-order valence-electron chi connectivity index (χ3n) is 3.34. The van der Waals surface area contributed by atoms with Gasteiger partial charge in [0.2, 0.25) is 0 Å². The first-order valence-corrected chi connectivity index (χ1v) is 6.07. The third kappa shape index (κ3) is 2.56. The number of carbonyl (C=O) groups excluding carboxylic acids is 1. The molecule has 2 aliphatic heterocycles. The normalized spacial score (nSPS) is 35.1. The Balaban J connectivity index is 1.77. The molecule has 2 saturated heterocycles. The van der Waals surface area contributed by atoms with Gasteiger partial charge in [0.05, 0.1) is 31.3 Å². The second-order valence-corrected chi connectivity index (χ2v) is 4.86. The average molecular weight is 232 g/mol. The Hall–Kier alpha value is -1.19. The highest BCUT2D eigenvalue weighted by Crippen LogP contribution is 2.31. The third-order valence-corrected chi connectivity index (χ3v) is 3.34. The number of Topliss-reactive ketones (excluding diaryl/α,β-unsaturated/α-hetero) is 1. The Morgan fingerprint density at radius 1 is 1.29 bits per heavy atom. The molecule has 3 unspecified atom stereocenters. The van der Waals surface area contributed by atoms with Crippen molar-refractivity contribution in [3.63, 3.8) is 0 Å². The van der Waals surface area contributed by atoms with Gasteiger partial charge in [-0.3, -0.25) is 4.79 Å². The highest BCUT2D eigenvalue weighted by atomic mass is 16.6. The van der Waals surface area contributed by atoms with Gasteiger partial charge >= 0.3 is 0 Å². The van der Waals surface area contributed by atoms with Gasteiger partial charge in [-0.2, -0.15) is 0 Å². The fourth-order valence-corrected chi connectivity index (χ4v) is 2.20. The minimum absolute atomic E-state index is 0.164. The summed E-state index contributed by atoms with van der Waals surface area (Å²) in [6.45, 7) is 5.37. The molecule has 0 amide bonds. The van der Waals surface area contributed by atoms with Gasteiger partial charge in [-0.25, -0.2) is 0 Å². The van der Waals surface area contributed by atoms with Crippen molar-refractivity contribution in [1.29, 1.82) is 0 Å². The molecule has 3 aliphatic rings. The Bertz CT molecular complexity index is 411. The van der Waals surface area contributed by atoms with Crippen LogP contribution >= 0.6 is 0 Å². The molecular weight excluding hydrogens is 216 g/mol. The van der Waals surface area contributed by atoms with Crippen molar-refractivity contribution in [3.05, 3.63) is 36.0 Å². The van der Waals surface area contributed by atoms with Crippen LogP contribution in [-0.4, -0.2) is 31.2 Å². The van der Waals surface area contributed by atoms with E-state index in [0.29, 0.717) is 6.10 Å². The van der Waals surface area contributed by atoms with E-state index in [9.17, 15) is 4.79 Å². The second-order valence-electron chi connectivity index (χ2n) is 4.86. The molecule has 0 radical (unpaired) electrons. The molecule has 0 saturated carbocycles.